The summed E-state index contributed by atoms with van der Waals surface area (Å²) in [7, 11) is -4.51. The molecule has 0 aliphatic carbocycles. The second-order valence-electron chi connectivity index (χ2n) is 5.30. The minimum atomic E-state index is -4.90. The van der Waals surface area contributed by atoms with Crippen LogP contribution in [0.15, 0.2) is 23.1 Å². The fourth-order valence-electron chi connectivity index (χ4n) is 2.28. The van der Waals surface area contributed by atoms with Crippen molar-refractivity contribution in [1.82, 2.24) is 4.72 Å². The van der Waals surface area contributed by atoms with Gasteiger partial charge in [0.25, 0.3) is 15.9 Å². The molecule has 0 spiro atoms. The first-order chi connectivity index (χ1) is 11.0. The zero-order chi connectivity index (χ0) is 18.1. The minimum Gasteiger partial charge on any atom is -0.365 e. The highest BCUT2D eigenvalue weighted by molar-refractivity contribution is 7.90. The smallest absolute Gasteiger partial charge is 0.365 e. The number of rotatable bonds is 3. The monoisotopic (exact) mass is 362 g/mol. The van der Waals surface area contributed by atoms with Crippen molar-refractivity contribution in [3.05, 3.63) is 29.3 Å². The van der Waals surface area contributed by atoms with Crippen molar-refractivity contribution >= 4 is 15.9 Å². The van der Waals surface area contributed by atoms with Crippen LogP contribution in [0.1, 0.15) is 30.9 Å². The summed E-state index contributed by atoms with van der Waals surface area (Å²) in [4.78, 5) is 11.1. The molecule has 0 saturated carbocycles. The van der Waals surface area contributed by atoms with E-state index < -0.39 is 44.2 Å². The Morgan fingerprint density at radius 2 is 2.04 bits per heavy atom. The van der Waals surface area contributed by atoms with Crippen molar-refractivity contribution in [2.75, 3.05) is 0 Å². The first-order valence-corrected chi connectivity index (χ1v) is 8.36. The van der Waals surface area contributed by atoms with Gasteiger partial charge in [0.2, 0.25) is 0 Å². The second kappa shape index (κ2) is 6.41. The fraction of sp³-hybridized carbons (Fsp3) is 0.429. The number of hydrogen-bond acceptors (Lipinski definition) is 5. The van der Waals surface area contributed by atoms with Gasteiger partial charge in [0.15, 0.2) is 0 Å². The Morgan fingerprint density at radius 3 is 2.54 bits per heavy atom. The standard InChI is InChI=1S/C14H13F3N2O4S/c1-8-2-5-12(23-8)13(20)19-24(21,22)10-4-3-9(7-18)11(6-10)14(15,16)17/h3-4,6,8,12H,2,5H2,1H3,(H,19,20). The molecule has 1 aromatic carbocycles. The van der Waals surface area contributed by atoms with E-state index in [2.05, 4.69) is 0 Å². The summed E-state index contributed by atoms with van der Waals surface area (Å²) >= 11 is 0. The van der Waals surface area contributed by atoms with Crippen molar-refractivity contribution < 1.29 is 31.1 Å². The largest absolute Gasteiger partial charge is 0.417 e. The lowest BCUT2D eigenvalue weighted by Gasteiger charge is -2.14. The summed E-state index contributed by atoms with van der Waals surface area (Å²) in [6, 6.07) is 3.26. The molecule has 1 aliphatic rings. The number of alkyl halides is 3. The Morgan fingerprint density at radius 1 is 1.38 bits per heavy atom. The molecule has 0 aromatic heterocycles. The molecule has 130 valence electrons. The van der Waals surface area contributed by atoms with Gasteiger partial charge in [0, 0.05) is 0 Å². The zero-order valence-corrected chi connectivity index (χ0v) is 13.2. The molecule has 1 aliphatic heterocycles. The summed E-state index contributed by atoms with van der Waals surface area (Å²) in [5, 5.41) is 8.70. The molecule has 2 unspecified atom stereocenters. The van der Waals surface area contributed by atoms with Gasteiger partial charge < -0.3 is 4.74 Å². The van der Waals surface area contributed by atoms with Crippen molar-refractivity contribution in [3.63, 3.8) is 0 Å². The third-order valence-electron chi connectivity index (χ3n) is 3.49. The third kappa shape index (κ3) is 3.85. The van der Waals surface area contributed by atoms with E-state index in [1.165, 1.54) is 6.07 Å². The van der Waals surface area contributed by atoms with Gasteiger partial charge in [-0.2, -0.15) is 18.4 Å². The maximum Gasteiger partial charge on any atom is 0.417 e. The van der Waals surface area contributed by atoms with Crippen molar-refractivity contribution in [3.8, 4) is 6.07 Å². The van der Waals surface area contributed by atoms with Crippen LogP contribution in [0.2, 0.25) is 0 Å². The van der Waals surface area contributed by atoms with E-state index in [1.54, 1.807) is 11.6 Å². The average molecular weight is 362 g/mol. The summed E-state index contributed by atoms with van der Waals surface area (Å²) in [5.41, 5.74) is -2.09. The van der Waals surface area contributed by atoms with Crippen LogP contribution in [0, 0.1) is 11.3 Å². The Balaban J connectivity index is 2.30. The van der Waals surface area contributed by atoms with Gasteiger partial charge >= 0.3 is 6.18 Å². The number of sulfonamides is 1. The van der Waals surface area contributed by atoms with E-state index in [0.29, 0.717) is 18.9 Å². The number of halogens is 3. The second-order valence-corrected chi connectivity index (χ2v) is 6.98. The molecule has 1 heterocycles. The van der Waals surface area contributed by atoms with E-state index in [9.17, 15) is 26.4 Å². The number of carbonyl (C=O) groups excluding carboxylic acids is 1. The molecular weight excluding hydrogens is 349 g/mol. The van der Waals surface area contributed by atoms with E-state index in [-0.39, 0.29) is 6.10 Å². The van der Waals surface area contributed by atoms with Crippen molar-refractivity contribution in [1.29, 1.82) is 5.26 Å². The van der Waals surface area contributed by atoms with Gasteiger partial charge in [-0.25, -0.2) is 13.1 Å². The first kappa shape index (κ1) is 18.2. The fourth-order valence-corrected chi connectivity index (χ4v) is 3.31. The molecule has 1 amide bonds. The van der Waals surface area contributed by atoms with E-state index >= 15 is 0 Å². The van der Waals surface area contributed by atoms with Gasteiger partial charge in [-0.3, -0.25) is 4.79 Å². The normalized spacial score (nSPS) is 21.3. The molecule has 10 heteroatoms. The maximum atomic E-state index is 12.9. The quantitative estimate of drug-likeness (QED) is 0.887. The summed E-state index contributed by atoms with van der Waals surface area (Å²) in [6.45, 7) is 1.72. The van der Waals surface area contributed by atoms with Gasteiger partial charge in [0.05, 0.1) is 28.2 Å². The number of benzene rings is 1. The highest BCUT2D eigenvalue weighted by Gasteiger charge is 2.36. The number of carbonyl (C=O) groups is 1. The number of nitrogens with one attached hydrogen (secondary N) is 1. The summed E-state index contributed by atoms with van der Waals surface area (Å²) in [5.74, 6) is -0.933. The van der Waals surface area contributed by atoms with Crippen LogP contribution in [0.25, 0.3) is 0 Å². The van der Waals surface area contributed by atoms with Crippen LogP contribution in [0.3, 0.4) is 0 Å². The molecule has 6 nitrogen and oxygen atoms in total. The van der Waals surface area contributed by atoms with Gasteiger partial charge in [0.1, 0.15) is 6.10 Å². The van der Waals surface area contributed by atoms with Crippen molar-refractivity contribution in [2.24, 2.45) is 0 Å². The lowest BCUT2D eigenvalue weighted by molar-refractivity contribution is -0.138. The number of nitrogens with zero attached hydrogens (tertiary/aromatic N) is 1. The molecule has 2 rings (SSSR count). The van der Waals surface area contributed by atoms with Crippen LogP contribution in [-0.2, 0) is 25.7 Å². The highest BCUT2D eigenvalue weighted by atomic mass is 32.2. The maximum absolute atomic E-state index is 12.9. The SMILES string of the molecule is CC1CCC(C(=O)NS(=O)(=O)c2ccc(C#N)c(C(F)(F)F)c2)O1. The van der Waals surface area contributed by atoms with Gasteiger partial charge in [-0.05, 0) is 38.0 Å². The number of hydrogen-bond donors (Lipinski definition) is 1. The zero-order valence-electron chi connectivity index (χ0n) is 12.4. The van der Waals surface area contributed by atoms with Crippen LogP contribution in [0.4, 0.5) is 13.2 Å². The lowest BCUT2D eigenvalue weighted by Crippen LogP contribution is -2.38. The van der Waals surface area contributed by atoms with Crippen molar-refractivity contribution in [2.45, 2.75) is 43.0 Å². The highest BCUT2D eigenvalue weighted by Crippen LogP contribution is 2.33. The van der Waals surface area contributed by atoms with Gasteiger partial charge in [-0.1, -0.05) is 0 Å². The van der Waals surface area contributed by atoms with E-state index in [1.807, 2.05) is 0 Å². The Kier molecular flexibility index (Phi) is 4.87. The lowest BCUT2D eigenvalue weighted by atomic mass is 10.1. The van der Waals surface area contributed by atoms with Crippen LogP contribution >= 0.6 is 0 Å². The Hall–Kier alpha value is -2.12. The van der Waals surface area contributed by atoms with Crippen LogP contribution in [0.5, 0.6) is 0 Å². The van der Waals surface area contributed by atoms with Crippen LogP contribution < -0.4 is 4.72 Å². The molecule has 0 bridgehead atoms. The molecular formula is C14H13F3N2O4S. The Bertz CT molecular complexity index is 799. The molecule has 1 fully saturated rings. The van der Waals surface area contributed by atoms with Gasteiger partial charge in [-0.15, -0.1) is 0 Å². The Labute approximate surface area is 136 Å². The number of nitriles is 1. The molecule has 1 N–H and O–H groups in total. The predicted octanol–water partition coefficient (Wildman–Crippen LogP) is 1.95. The molecule has 24 heavy (non-hydrogen) atoms. The molecule has 1 aromatic rings. The number of ether oxygens (including phenoxy) is 1. The van der Waals surface area contributed by atoms with E-state index in [0.717, 1.165) is 12.1 Å². The minimum absolute atomic E-state index is 0.199. The van der Waals surface area contributed by atoms with E-state index in [4.69, 9.17) is 10.00 Å². The third-order valence-corrected chi connectivity index (χ3v) is 4.83. The molecule has 1 saturated heterocycles. The first-order valence-electron chi connectivity index (χ1n) is 6.88. The predicted molar refractivity (Wildman–Crippen MR) is 75.1 cm³/mol. The number of amides is 1. The van der Waals surface area contributed by atoms with Crippen LogP contribution in [-0.4, -0.2) is 26.5 Å². The average Bonchev–Trinajstić information content (AvgIpc) is 2.92. The molecule has 0 radical (unpaired) electrons. The summed E-state index contributed by atoms with van der Waals surface area (Å²) < 4.78 is 69.9. The molecule has 2 atom stereocenters. The summed E-state index contributed by atoms with van der Waals surface area (Å²) in [6.07, 6.45) is -5.16. The topological polar surface area (TPSA) is 96.3 Å².